The summed E-state index contributed by atoms with van der Waals surface area (Å²) in [6.45, 7) is 0. The van der Waals surface area contributed by atoms with E-state index in [2.05, 4.69) is 276 Å². The van der Waals surface area contributed by atoms with Gasteiger partial charge in [-0.1, -0.05) is 206 Å². The van der Waals surface area contributed by atoms with Crippen LogP contribution in [0, 0.1) is 0 Å². The third-order valence-electron chi connectivity index (χ3n) is 20.1. The standard InChI is InChI=1S/C80H44N2O2/c1-9-27-55-45(19-1)46-20-2-10-28-56(46)79(55)59-31-13-5-23-49(59)73-61(79)33-17-35-63(73)81-65-39-41-71-77(51-25-7-15-37-69(51)83-71)75(65)53-43-54-68(44-67(53)81)82(66-40-42-72-78(76(54)66)52-26-8-16-38-70(52)84-72)64-36-18-34-62-74(64)50-24-6-14-32-60(50)80(62)57-29-11-3-21-47(57)48-22-4-12-30-58(48)80/h1-44H. The van der Waals surface area contributed by atoms with Crippen LogP contribution >= 0.6 is 0 Å². The molecule has 386 valence electrons. The van der Waals surface area contributed by atoms with E-state index in [-0.39, 0.29) is 0 Å². The molecule has 0 atom stereocenters. The van der Waals surface area contributed by atoms with Gasteiger partial charge in [-0.15, -0.1) is 0 Å². The van der Waals surface area contributed by atoms with Gasteiger partial charge in [0.15, 0.2) is 0 Å². The maximum Gasteiger partial charge on any atom is 0.136 e. The zero-order valence-corrected chi connectivity index (χ0v) is 45.1. The summed E-state index contributed by atoms with van der Waals surface area (Å²) in [5.41, 5.74) is 30.0. The molecule has 4 nitrogen and oxygen atoms in total. The van der Waals surface area contributed by atoms with Gasteiger partial charge in [0.1, 0.15) is 22.3 Å². The monoisotopic (exact) mass is 1060 g/mol. The van der Waals surface area contributed by atoms with E-state index in [1.165, 1.54) is 99.8 Å². The van der Waals surface area contributed by atoms with Gasteiger partial charge in [-0.2, -0.15) is 0 Å². The number of rotatable bonds is 2. The highest BCUT2D eigenvalue weighted by atomic mass is 16.3. The Hall–Kier alpha value is -10.9. The zero-order chi connectivity index (χ0) is 54.3. The summed E-state index contributed by atoms with van der Waals surface area (Å²) < 4.78 is 18.8. The van der Waals surface area contributed by atoms with Crippen LogP contribution in [0.15, 0.2) is 276 Å². The van der Waals surface area contributed by atoms with Crippen LogP contribution in [-0.2, 0) is 10.8 Å². The van der Waals surface area contributed by atoms with Crippen LogP contribution in [0.5, 0.6) is 0 Å². The molecular formula is C80H44N2O2. The summed E-state index contributed by atoms with van der Waals surface area (Å²) in [5.74, 6) is 0. The van der Waals surface area contributed by atoms with E-state index < -0.39 is 10.8 Å². The molecule has 0 saturated heterocycles. The van der Waals surface area contributed by atoms with E-state index in [1.54, 1.807) is 0 Å². The number of nitrogens with zero attached hydrogens (tertiary/aromatic N) is 2. The van der Waals surface area contributed by atoms with Gasteiger partial charge in [-0.3, -0.25) is 0 Å². The fourth-order valence-electron chi connectivity index (χ4n) is 17.3. The molecule has 4 aromatic heterocycles. The van der Waals surface area contributed by atoms with Crippen molar-refractivity contribution in [3.05, 3.63) is 311 Å². The van der Waals surface area contributed by atoms with E-state index in [0.717, 1.165) is 88.1 Å². The van der Waals surface area contributed by atoms with Crippen LogP contribution < -0.4 is 0 Å². The third-order valence-corrected chi connectivity index (χ3v) is 20.1. The van der Waals surface area contributed by atoms with Crippen LogP contribution in [0.2, 0.25) is 0 Å². The molecule has 0 fully saturated rings. The lowest BCUT2D eigenvalue weighted by atomic mass is 9.70. The number of hydrogen-bond donors (Lipinski definition) is 0. The minimum Gasteiger partial charge on any atom is -0.456 e. The van der Waals surface area contributed by atoms with Gasteiger partial charge in [0.05, 0.1) is 44.3 Å². The lowest BCUT2D eigenvalue weighted by Gasteiger charge is -2.30. The molecule has 0 amide bonds. The van der Waals surface area contributed by atoms with Crippen LogP contribution in [0.3, 0.4) is 0 Å². The summed E-state index contributed by atoms with van der Waals surface area (Å²) in [6, 6.07) is 100. The molecule has 0 saturated carbocycles. The van der Waals surface area contributed by atoms with Gasteiger partial charge in [0.25, 0.3) is 0 Å². The molecule has 0 unspecified atom stereocenters. The van der Waals surface area contributed by atoms with Gasteiger partial charge in [-0.05, 0) is 139 Å². The van der Waals surface area contributed by atoms with Crippen molar-refractivity contribution in [2.24, 2.45) is 0 Å². The second kappa shape index (κ2) is 15.1. The van der Waals surface area contributed by atoms with Crippen molar-refractivity contribution in [1.29, 1.82) is 0 Å². The molecule has 21 rings (SSSR count). The van der Waals surface area contributed by atoms with Crippen LogP contribution in [0.25, 0.3) is 143 Å². The normalized spacial score (nSPS) is 14.4. The van der Waals surface area contributed by atoms with Crippen LogP contribution in [0.1, 0.15) is 44.5 Å². The predicted octanol–water partition coefficient (Wildman–Crippen LogP) is 20.4. The lowest BCUT2D eigenvalue weighted by molar-refractivity contribution is 0.669. The largest absolute Gasteiger partial charge is 0.456 e. The molecule has 0 bridgehead atoms. The fraction of sp³-hybridized carbons (Fsp3) is 0.0250. The highest BCUT2D eigenvalue weighted by molar-refractivity contribution is 6.33. The van der Waals surface area contributed by atoms with E-state index in [4.69, 9.17) is 8.83 Å². The minimum absolute atomic E-state index is 0.512. The summed E-state index contributed by atoms with van der Waals surface area (Å²) >= 11 is 0. The SMILES string of the molecule is c1ccc2c(c1)-c1ccccc1C21c2ccccc2-c2c(-n3c4cc5c(cc4c4c6c(ccc43)oc3ccccc36)c3c4c(ccc3n5-c3cccc5c3-c3ccccc3C53c5ccccc5-c5ccccc53)oc3ccccc34)cccc21. The second-order valence-electron chi connectivity index (χ2n) is 23.6. The Morgan fingerprint density at radius 3 is 0.964 bits per heavy atom. The van der Waals surface area contributed by atoms with Crippen molar-refractivity contribution in [3.8, 4) is 55.9 Å². The molecule has 4 aliphatic rings. The summed E-state index contributed by atoms with van der Waals surface area (Å²) in [5, 5.41) is 9.12. The lowest BCUT2D eigenvalue weighted by Crippen LogP contribution is -2.25. The highest BCUT2D eigenvalue weighted by Gasteiger charge is 2.54. The van der Waals surface area contributed by atoms with Crippen LogP contribution in [0.4, 0.5) is 0 Å². The first-order valence-electron chi connectivity index (χ1n) is 29.2. The topological polar surface area (TPSA) is 36.1 Å². The molecule has 0 N–H and O–H groups in total. The van der Waals surface area contributed by atoms with Gasteiger partial charge in [0, 0.05) is 54.2 Å². The predicted molar refractivity (Wildman–Crippen MR) is 342 cm³/mol. The fourth-order valence-corrected chi connectivity index (χ4v) is 17.3. The summed E-state index contributed by atoms with van der Waals surface area (Å²) in [4.78, 5) is 0. The Kier molecular flexibility index (Phi) is 7.89. The van der Waals surface area contributed by atoms with Crippen molar-refractivity contribution in [3.63, 3.8) is 0 Å². The number of para-hydroxylation sites is 2. The summed E-state index contributed by atoms with van der Waals surface area (Å²) in [6.07, 6.45) is 0. The highest BCUT2D eigenvalue weighted by Crippen LogP contribution is 2.66. The van der Waals surface area contributed by atoms with Crippen molar-refractivity contribution >= 4 is 87.5 Å². The third kappa shape index (κ3) is 4.89. The van der Waals surface area contributed by atoms with E-state index in [9.17, 15) is 0 Å². The van der Waals surface area contributed by atoms with Gasteiger partial charge >= 0.3 is 0 Å². The Morgan fingerprint density at radius 2 is 0.560 bits per heavy atom. The molecule has 4 heterocycles. The number of benzene rings is 13. The molecule has 17 aromatic rings. The smallest absolute Gasteiger partial charge is 0.136 e. The maximum atomic E-state index is 6.82. The van der Waals surface area contributed by atoms with E-state index in [1.807, 2.05) is 0 Å². The first-order chi connectivity index (χ1) is 41.7. The van der Waals surface area contributed by atoms with Gasteiger partial charge in [0.2, 0.25) is 0 Å². The molecule has 4 aliphatic carbocycles. The number of fused-ring (bicyclic) bond motifs is 34. The van der Waals surface area contributed by atoms with E-state index >= 15 is 0 Å². The van der Waals surface area contributed by atoms with Crippen molar-refractivity contribution < 1.29 is 8.83 Å². The first kappa shape index (κ1) is 43.8. The van der Waals surface area contributed by atoms with Crippen molar-refractivity contribution in [1.82, 2.24) is 9.13 Å². The molecule has 84 heavy (non-hydrogen) atoms. The van der Waals surface area contributed by atoms with Crippen LogP contribution in [-0.4, -0.2) is 9.13 Å². The quantitative estimate of drug-likeness (QED) is 0.173. The molecule has 0 aliphatic heterocycles. The van der Waals surface area contributed by atoms with E-state index in [0.29, 0.717) is 0 Å². The molecule has 13 aromatic carbocycles. The van der Waals surface area contributed by atoms with Gasteiger partial charge in [-0.25, -0.2) is 0 Å². The summed E-state index contributed by atoms with van der Waals surface area (Å²) in [7, 11) is 0. The average Bonchev–Trinajstić information content (AvgIpc) is 1.56. The molecule has 2 spiro atoms. The minimum atomic E-state index is -0.512. The molecular weight excluding hydrogens is 1020 g/mol. The number of aromatic nitrogens is 2. The Bertz CT molecular complexity index is 5450. The number of hydrogen-bond acceptors (Lipinski definition) is 2. The average molecular weight is 1070 g/mol. The Morgan fingerprint density at radius 1 is 0.226 bits per heavy atom. The maximum absolute atomic E-state index is 6.82. The Labute approximate surface area is 480 Å². The second-order valence-corrected chi connectivity index (χ2v) is 23.6. The molecule has 4 heteroatoms. The Balaban J connectivity index is 0.947. The van der Waals surface area contributed by atoms with Crippen molar-refractivity contribution in [2.75, 3.05) is 0 Å². The van der Waals surface area contributed by atoms with Gasteiger partial charge < -0.3 is 18.0 Å². The number of furan rings is 2. The van der Waals surface area contributed by atoms with Crippen molar-refractivity contribution in [2.45, 2.75) is 10.8 Å². The zero-order valence-electron chi connectivity index (χ0n) is 45.1. The molecule has 0 radical (unpaired) electrons. The first-order valence-corrected chi connectivity index (χ1v) is 29.2.